The van der Waals surface area contributed by atoms with Crippen molar-refractivity contribution in [3.05, 3.63) is 12.2 Å². The summed E-state index contributed by atoms with van der Waals surface area (Å²) in [4.78, 5) is 35.4. The molecule has 0 amide bonds. The van der Waals surface area contributed by atoms with Crippen molar-refractivity contribution in [2.24, 2.45) is 5.73 Å². The first-order valence-corrected chi connectivity index (χ1v) is 37.2. The largest absolute Gasteiger partial charge is 0.472 e. The molecule has 0 saturated carbocycles. The number of carbonyl (C=O) groups is 2. The van der Waals surface area contributed by atoms with Gasteiger partial charge in [0, 0.05) is 19.4 Å². The minimum Gasteiger partial charge on any atom is -0.462 e. The number of allylic oxidation sites excluding steroid dienone is 2. The molecule has 0 saturated heterocycles. The average molecular weight is 1150 g/mol. The van der Waals surface area contributed by atoms with Crippen LogP contribution in [0.5, 0.6) is 0 Å². The van der Waals surface area contributed by atoms with Gasteiger partial charge in [-0.15, -0.1) is 0 Å². The predicted octanol–water partition coefficient (Wildman–Crippen LogP) is 23.1. The summed E-state index contributed by atoms with van der Waals surface area (Å²) >= 11 is 0. The summed E-state index contributed by atoms with van der Waals surface area (Å²) in [6, 6.07) is 0. The van der Waals surface area contributed by atoms with E-state index in [2.05, 4.69) is 26.0 Å². The van der Waals surface area contributed by atoms with E-state index >= 15 is 0 Å². The van der Waals surface area contributed by atoms with Gasteiger partial charge in [-0.05, 0) is 38.5 Å². The number of ether oxygens (including phenoxy) is 2. The van der Waals surface area contributed by atoms with Gasteiger partial charge in [0.1, 0.15) is 6.61 Å². The molecule has 0 heterocycles. The first-order chi connectivity index (χ1) is 39.3. The highest BCUT2D eigenvalue weighted by molar-refractivity contribution is 7.47. The Hall–Kier alpha value is -1.25. The zero-order valence-corrected chi connectivity index (χ0v) is 54.5. The molecule has 10 heteroatoms. The molecule has 0 aliphatic rings. The SMILES string of the molecule is CCCCCCCCCC/C=C\CCCCCCCCCCCCCCCCCCCCCC(=O)OC(COC(=O)CCCCCCCCCCCCCCCCCCCCCCCCCCCCCC)COP(=O)(O)OCCN. The maximum atomic E-state index is 12.8. The molecule has 2 atom stereocenters. The second-order valence-electron chi connectivity index (χ2n) is 24.5. The monoisotopic (exact) mass is 1150 g/mol. The number of hydrogen-bond acceptors (Lipinski definition) is 8. The second kappa shape index (κ2) is 66.9. The number of phosphoric acid groups is 1. The van der Waals surface area contributed by atoms with Gasteiger partial charge in [0.2, 0.25) is 0 Å². The minimum absolute atomic E-state index is 0.0579. The third-order valence-electron chi connectivity index (χ3n) is 16.4. The molecule has 0 aliphatic heterocycles. The van der Waals surface area contributed by atoms with Crippen LogP contribution in [-0.2, 0) is 32.7 Å². The van der Waals surface area contributed by atoms with Crippen LogP contribution >= 0.6 is 7.82 Å². The van der Waals surface area contributed by atoms with Crippen LogP contribution in [0.4, 0.5) is 0 Å². The van der Waals surface area contributed by atoms with Gasteiger partial charge >= 0.3 is 19.8 Å². The summed E-state index contributed by atoms with van der Waals surface area (Å²) in [6.07, 6.45) is 80.4. The van der Waals surface area contributed by atoms with E-state index in [1.165, 1.54) is 327 Å². The van der Waals surface area contributed by atoms with Gasteiger partial charge in [-0.25, -0.2) is 4.57 Å². The number of phosphoric ester groups is 1. The smallest absolute Gasteiger partial charge is 0.462 e. The Morgan fingerprint density at radius 1 is 0.362 bits per heavy atom. The summed E-state index contributed by atoms with van der Waals surface area (Å²) in [5.41, 5.74) is 5.40. The third-order valence-corrected chi connectivity index (χ3v) is 17.4. The second-order valence-corrected chi connectivity index (χ2v) is 25.9. The van der Waals surface area contributed by atoms with Crippen LogP contribution in [0.2, 0.25) is 0 Å². The van der Waals surface area contributed by atoms with E-state index in [0.717, 1.165) is 32.1 Å². The molecular formula is C70H138NO8P. The molecule has 0 aromatic heterocycles. The maximum absolute atomic E-state index is 12.8. The van der Waals surface area contributed by atoms with Crippen LogP contribution in [0.3, 0.4) is 0 Å². The highest BCUT2D eigenvalue weighted by Crippen LogP contribution is 2.43. The Morgan fingerprint density at radius 3 is 0.887 bits per heavy atom. The van der Waals surface area contributed by atoms with Crippen LogP contribution in [0.15, 0.2) is 12.2 Å². The molecule has 0 fully saturated rings. The molecule has 80 heavy (non-hydrogen) atoms. The Kier molecular flexibility index (Phi) is 65.8. The molecule has 0 spiro atoms. The molecule has 0 aromatic rings. The summed E-state index contributed by atoms with van der Waals surface area (Å²) in [6.45, 7) is 3.84. The fraction of sp³-hybridized carbons (Fsp3) is 0.943. The Morgan fingerprint density at radius 2 is 0.613 bits per heavy atom. The van der Waals surface area contributed by atoms with E-state index in [1.807, 2.05) is 0 Å². The standard InChI is InChI=1S/C70H138NO8P/c1-3-5-7-9-11-13-15-17-19-21-23-25-27-29-31-33-34-35-37-39-41-43-45-47-49-51-53-55-57-59-61-63-70(73)79-68(67-78-80(74,75)77-65-64-71)66-76-69(72)62-60-58-56-54-52-50-48-46-44-42-40-38-36-32-30-28-26-24-22-20-18-16-14-12-10-8-6-4-2/h21,23,68H,3-20,22,24-67,71H2,1-2H3,(H,74,75)/b23-21-. The van der Waals surface area contributed by atoms with Crippen molar-refractivity contribution in [1.82, 2.24) is 0 Å². The molecule has 0 aromatic carbocycles. The lowest BCUT2D eigenvalue weighted by atomic mass is 10.0. The van der Waals surface area contributed by atoms with Crippen molar-refractivity contribution in [1.29, 1.82) is 0 Å². The molecule has 0 rings (SSSR count). The van der Waals surface area contributed by atoms with Crippen LogP contribution < -0.4 is 5.73 Å². The summed E-state index contributed by atoms with van der Waals surface area (Å²) in [7, 11) is -4.39. The van der Waals surface area contributed by atoms with E-state index in [-0.39, 0.29) is 38.6 Å². The number of esters is 2. The Balaban J connectivity index is 3.80. The van der Waals surface area contributed by atoms with Gasteiger partial charge in [0.05, 0.1) is 13.2 Å². The number of unbranched alkanes of at least 4 members (excludes halogenated alkanes) is 54. The van der Waals surface area contributed by atoms with Crippen molar-refractivity contribution in [2.45, 2.75) is 399 Å². The van der Waals surface area contributed by atoms with E-state index < -0.39 is 26.5 Å². The summed E-state index contributed by atoms with van der Waals surface area (Å²) in [5, 5.41) is 0. The first kappa shape index (κ1) is 78.8. The Bertz CT molecular complexity index is 1320. The van der Waals surface area contributed by atoms with E-state index in [0.29, 0.717) is 6.42 Å². The fourth-order valence-electron chi connectivity index (χ4n) is 11.1. The highest BCUT2D eigenvalue weighted by Gasteiger charge is 2.26. The lowest BCUT2D eigenvalue weighted by Gasteiger charge is -2.19. The number of rotatable bonds is 69. The Labute approximate surface area is 498 Å². The predicted molar refractivity (Wildman–Crippen MR) is 345 cm³/mol. The van der Waals surface area contributed by atoms with E-state index in [4.69, 9.17) is 24.3 Å². The normalized spacial score (nSPS) is 12.9. The van der Waals surface area contributed by atoms with Gasteiger partial charge in [-0.1, -0.05) is 353 Å². The van der Waals surface area contributed by atoms with Gasteiger partial charge < -0.3 is 20.1 Å². The van der Waals surface area contributed by atoms with Crippen molar-refractivity contribution in [3.8, 4) is 0 Å². The van der Waals surface area contributed by atoms with Crippen molar-refractivity contribution < 1.29 is 37.6 Å². The number of nitrogens with two attached hydrogens (primary N) is 1. The fourth-order valence-corrected chi connectivity index (χ4v) is 11.9. The summed E-state index contributed by atoms with van der Waals surface area (Å²) < 4.78 is 33.2. The molecule has 476 valence electrons. The van der Waals surface area contributed by atoms with Gasteiger partial charge in [0.25, 0.3) is 0 Å². The average Bonchev–Trinajstić information content (AvgIpc) is 3.45. The van der Waals surface area contributed by atoms with Crippen LogP contribution in [0, 0.1) is 0 Å². The molecular weight excluding hydrogens is 1010 g/mol. The van der Waals surface area contributed by atoms with Crippen molar-refractivity contribution in [3.63, 3.8) is 0 Å². The lowest BCUT2D eigenvalue weighted by Crippen LogP contribution is -2.29. The molecule has 0 bridgehead atoms. The number of hydrogen-bond donors (Lipinski definition) is 2. The van der Waals surface area contributed by atoms with E-state index in [9.17, 15) is 19.0 Å². The molecule has 2 unspecified atom stereocenters. The van der Waals surface area contributed by atoms with Gasteiger partial charge in [-0.2, -0.15) is 0 Å². The van der Waals surface area contributed by atoms with E-state index in [1.54, 1.807) is 0 Å². The zero-order chi connectivity index (χ0) is 58.0. The highest BCUT2D eigenvalue weighted by atomic mass is 31.2. The first-order valence-electron chi connectivity index (χ1n) is 35.7. The topological polar surface area (TPSA) is 134 Å². The summed E-state index contributed by atoms with van der Waals surface area (Å²) in [5.74, 6) is -0.799. The molecule has 0 radical (unpaired) electrons. The minimum atomic E-state index is -4.39. The molecule has 0 aliphatic carbocycles. The van der Waals surface area contributed by atoms with Crippen molar-refractivity contribution >= 4 is 19.8 Å². The number of carbonyl (C=O) groups excluding carboxylic acids is 2. The maximum Gasteiger partial charge on any atom is 0.472 e. The zero-order valence-electron chi connectivity index (χ0n) is 53.6. The van der Waals surface area contributed by atoms with Gasteiger partial charge in [-0.3, -0.25) is 18.6 Å². The lowest BCUT2D eigenvalue weighted by molar-refractivity contribution is -0.161. The quantitative estimate of drug-likeness (QED) is 0.0264. The third kappa shape index (κ3) is 65.9. The molecule has 3 N–H and O–H groups in total. The van der Waals surface area contributed by atoms with Crippen LogP contribution in [0.1, 0.15) is 393 Å². The van der Waals surface area contributed by atoms with Crippen molar-refractivity contribution in [2.75, 3.05) is 26.4 Å². The molecule has 9 nitrogen and oxygen atoms in total. The van der Waals surface area contributed by atoms with Crippen LogP contribution in [0.25, 0.3) is 0 Å². The van der Waals surface area contributed by atoms with Crippen LogP contribution in [-0.4, -0.2) is 49.3 Å². The van der Waals surface area contributed by atoms with Gasteiger partial charge in [0.15, 0.2) is 6.10 Å².